The van der Waals surface area contributed by atoms with E-state index in [0.29, 0.717) is 0 Å². The molecule has 2 heteroatoms. The van der Waals surface area contributed by atoms with Gasteiger partial charge >= 0.3 is 0 Å². The number of piperidine rings is 1. The lowest BCUT2D eigenvalue weighted by atomic mass is 9.89. The van der Waals surface area contributed by atoms with Gasteiger partial charge in [0.2, 0.25) is 0 Å². The second kappa shape index (κ2) is 7.38. The summed E-state index contributed by atoms with van der Waals surface area (Å²) in [6, 6.07) is 0. The summed E-state index contributed by atoms with van der Waals surface area (Å²) in [6.07, 6.45) is 9.76. The minimum Gasteiger partial charge on any atom is -0.391 e. The van der Waals surface area contributed by atoms with Gasteiger partial charge in [-0.15, -0.1) is 0 Å². The van der Waals surface area contributed by atoms with E-state index < -0.39 is 0 Å². The van der Waals surface area contributed by atoms with E-state index in [9.17, 15) is 5.11 Å². The first-order chi connectivity index (χ1) is 8.09. The van der Waals surface area contributed by atoms with E-state index in [1.165, 1.54) is 58.0 Å². The van der Waals surface area contributed by atoms with Gasteiger partial charge in [0.05, 0.1) is 6.10 Å². The molecule has 0 bridgehead atoms. The third kappa shape index (κ3) is 4.59. The summed E-state index contributed by atoms with van der Waals surface area (Å²) >= 11 is 0. The summed E-state index contributed by atoms with van der Waals surface area (Å²) in [5.74, 6) is 0. The summed E-state index contributed by atoms with van der Waals surface area (Å²) in [5.41, 5.74) is -0.0351. The molecular weight excluding hydrogens is 210 g/mol. The Hall–Kier alpha value is -0.0800. The van der Waals surface area contributed by atoms with Gasteiger partial charge in [0.25, 0.3) is 0 Å². The summed E-state index contributed by atoms with van der Waals surface area (Å²) in [5, 5.41) is 10.4. The minimum atomic E-state index is -0.169. The maximum Gasteiger partial charge on any atom is 0.0718 e. The molecule has 2 nitrogen and oxygen atoms in total. The van der Waals surface area contributed by atoms with Crippen LogP contribution >= 0.6 is 0 Å². The lowest BCUT2D eigenvalue weighted by Gasteiger charge is -2.44. The minimum absolute atomic E-state index is 0.0351. The van der Waals surface area contributed by atoms with Crippen molar-refractivity contribution in [2.45, 2.75) is 83.8 Å². The Bertz CT molecular complexity index is 197. The number of unbranched alkanes of at least 4 members (excludes halogenated alkanes) is 3. The van der Waals surface area contributed by atoms with Crippen molar-refractivity contribution in [3.8, 4) is 0 Å². The van der Waals surface area contributed by atoms with E-state index in [-0.39, 0.29) is 11.6 Å². The molecule has 1 N–H and O–H groups in total. The zero-order chi connectivity index (χ0) is 12.7. The van der Waals surface area contributed by atoms with Gasteiger partial charge < -0.3 is 5.11 Å². The zero-order valence-corrected chi connectivity index (χ0v) is 12.0. The molecule has 0 amide bonds. The molecule has 1 rings (SSSR count). The molecule has 1 unspecified atom stereocenters. The summed E-state index contributed by atoms with van der Waals surface area (Å²) < 4.78 is 0. The predicted molar refractivity (Wildman–Crippen MR) is 74.3 cm³/mol. The van der Waals surface area contributed by atoms with Crippen LogP contribution in [-0.2, 0) is 0 Å². The molecular formula is C15H31NO. The van der Waals surface area contributed by atoms with Crippen LogP contribution in [0.4, 0.5) is 0 Å². The van der Waals surface area contributed by atoms with E-state index in [1.807, 2.05) is 0 Å². The molecule has 102 valence electrons. The highest BCUT2D eigenvalue weighted by atomic mass is 16.3. The van der Waals surface area contributed by atoms with Crippen molar-refractivity contribution < 1.29 is 5.11 Å². The lowest BCUT2D eigenvalue weighted by molar-refractivity contribution is -0.0241. The average molecular weight is 241 g/mol. The van der Waals surface area contributed by atoms with Gasteiger partial charge in [-0.1, -0.05) is 39.0 Å². The quantitative estimate of drug-likeness (QED) is 0.689. The Balaban J connectivity index is 2.33. The molecule has 1 aliphatic rings. The number of hydrogen-bond acceptors (Lipinski definition) is 2. The van der Waals surface area contributed by atoms with Crippen LogP contribution in [0.1, 0.15) is 72.1 Å². The Morgan fingerprint density at radius 1 is 1.06 bits per heavy atom. The first kappa shape index (κ1) is 15.0. The van der Waals surface area contributed by atoms with Gasteiger partial charge in [0.1, 0.15) is 0 Å². The van der Waals surface area contributed by atoms with Crippen molar-refractivity contribution in [2.75, 3.05) is 13.1 Å². The monoisotopic (exact) mass is 241 g/mol. The molecule has 1 aliphatic heterocycles. The van der Waals surface area contributed by atoms with Gasteiger partial charge in [-0.2, -0.15) is 0 Å². The van der Waals surface area contributed by atoms with Crippen LogP contribution in [-0.4, -0.2) is 34.7 Å². The van der Waals surface area contributed by atoms with Crippen LogP contribution in [0.3, 0.4) is 0 Å². The molecule has 1 atom stereocenters. The molecule has 0 saturated carbocycles. The summed E-state index contributed by atoms with van der Waals surface area (Å²) in [6.45, 7) is 8.98. The summed E-state index contributed by atoms with van der Waals surface area (Å²) in [4.78, 5) is 2.49. The Kier molecular flexibility index (Phi) is 6.50. The standard InChI is InChI=1S/C15H31NO/c1-4-5-6-8-11-14(17)15(2,3)16-12-9-7-10-13-16/h14,17H,4-13H2,1-3H3. The largest absolute Gasteiger partial charge is 0.391 e. The maximum atomic E-state index is 10.4. The number of likely N-dealkylation sites (tertiary alicyclic amines) is 1. The van der Waals surface area contributed by atoms with Crippen molar-refractivity contribution >= 4 is 0 Å². The van der Waals surface area contributed by atoms with Crippen LogP contribution < -0.4 is 0 Å². The first-order valence-electron chi connectivity index (χ1n) is 7.52. The molecule has 1 heterocycles. The van der Waals surface area contributed by atoms with E-state index in [4.69, 9.17) is 0 Å². The van der Waals surface area contributed by atoms with Crippen LogP contribution in [0.2, 0.25) is 0 Å². The highest BCUT2D eigenvalue weighted by molar-refractivity contribution is 4.90. The predicted octanol–water partition coefficient (Wildman–Crippen LogP) is 3.58. The number of aliphatic hydroxyl groups excluding tert-OH is 1. The topological polar surface area (TPSA) is 23.5 Å². The van der Waals surface area contributed by atoms with Crippen LogP contribution in [0.25, 0.3) is 0 Å². The fourth-order valence-corrected chi connectivity index (χ4v) is 2.80. The highest BCUT2D eigenvalue weighted by Crippen LogP contribution is 2.26. The molecule has 1 saturated heterocycles. The molecule has 1 fully saturated rings. The summed E-state index contributed by atoms with van der Waals surface area (Å²) in [7, 11) is 0. The van der Waals surface area contributed by atoms with E-state index in [1.54, 1.807) is 0 Å². The van der Waals surface area contributed by atoms with E-state index >= 15 is 0 Å². The lowest BCUT2D eigenvalue weighted by Crippen LogP contribution is -2.54. The number of aliphatic hydroxyl groups is 1. The number of hydrogen-bond donors (Lipinski definition) is 1. The van der Waals surface area contributed by atoms with Crippen molar-refractivity contribution in [3.05, 3.63) is 0 Å². The van der Waals surface area contributed by atoms with E-state index in [2.05, 4.69) is 25.7 Å². The van der Waals surface area contributed by atoms with Crippen LogP contribution in [0.5, 0.6) is 0 Å². The Morgan fingerprint density at radius 3 is 2.29 bits per heavy atom. The normalized spacial score (nSPS) is 20.5. The molecule has 0 aliphatic carbocycles. The third-order valence-electron chi connectivity index (χ3n) is 4.32. The van der Waals surface area contributed by atoms with Crippen molar-refractivity contribution in [2.24, 2.45) is 0 Å². The third-order valence-corrected chi connectivity index (χ3v) is 4.32. The first-order valence-corrected chi connectivity index (χ1v) is 7.52. The van der Waals surface area contributed by atoms with Gasteiger partial charge in [-0.05, 0) is 46.2 Å². The Morgan fingerprint density at radius 2 is 1.71 bits per heavy atom. The second-order valence-corrected chi connectivity index (χ2v) is 6.07. The molecule has 0 spiro atoms. The second-order valence-electron chi connectivity index (χ2n) is 6.07. The van der Waals surface area contributed by atoms with Gasteiger partial charge in [-0.25, -0.2) is 0 Å². The van der Waals surface area contributed by atoms with Crippen molar-refractivity contribution in [3.63, 3.8) is 0 Å². The van der Waals surface area contributed by atoms with E-state index in [0.717, 1.165) is 6.42 Å². The smallest absolute Gasteiger partial charge is 0.0718 e. The molecule has 0 aromatic carbocycles. The molecule has 0 aromatic heterocycles. The maximum absolute atomic E-state index is 10.4. The molecule has 0 aromatic rings. The SMILES string of the molecule is CCCCCCC(O)C(C)(C)N1CCCCC1. The fourth-order valence-electron chi connectivity index (χ4n) is 2.80. The highest BCUT2D eigenvalue weighted by Gasteiger charge is 2.34. The zero-order valence-electron chi connectivity index (χ0n) is 12.0. The Labute approximate surface area is 107 Å². The van der Waals surface area contributed by atoms with Gasteiger partial charge in [0, 0.05) is 5.54 Å². The van der Waals surface area contributed by atoms with Crippen LogP contribution in [0.15, 0.2) is 0 Å². The molecule has 17 heavy (non-hydrogen) atoms. The van der Waals surface area contributed by atoms with Gasteiger partial charge in [-0.3, -0.25) is 4.90 Å². The number of nitrogens with zero attached hydrogens (tertiary/aromatic N) is 1. The van der Waals surface area contributed by atoms with Crippen LogP contribution in [0, 0.1) is 0 Å². The van der Waals surface area contributed by atoms with Crippen molar-refractivity contribution in [1.29, 1.82) is 0 Å². The van der Waals surface area contributed by atoms with Crippen molar-refractivity contribution in [1.82, 2.24) is 4.90 Å². The fraction of sp³-hybridized carbons (Fsp3) is 1.00. The van der Waals surface area contributed by atoms with Gasteiger partial charge in [0.15, 0.2) is 0 Å². The number of rotatable bonds is 7. The average Bonchev–Trinajstić information content (AvgIpc) is 2.35. The molecule has 0 radical (unpaired) electrons.